The molecule has 7 heteroatoms. The van der Waals surface area contributed by atoms with Gasteiger partial charge in [-0.15, -0.1) is 0 Å². The summed E-state index contributed by atoms with van der Waals surface area (Å²) in [6, 6.07) is 4.74. The van der Waals surface area contributed by atoms with Crippen LogP contribution in [0, 0.1) is 0 Å². The van der Waals surface area contributed by atoms with Gasteiger partial charge in [0.05, 0.1) is 22.4 Å². The topological polar surface area (TPSA) is 72.2 Å². The van der Waals surface area contributed by atoms with Crippen LogP contribution in [0.3, 0.4) is 0 Å². The minimum absolute atomic E-state index is 0.434. The fourth-order valence-electron chi connectivity index (χ4n) is 1.74. The highest BCUT2D eigenvalue weighted by molar-refractivity contribution is 6.30. The predicted octanol–water partition coefficient (Wildman–Crippen LogP) is 0.827. The number of H-pyrrole nitrogens is 1. The maximum absolute atomic E-state index is 11.7. The van der Waals surface area contributed by atoms with E-state index in [1.165, 1.54) is 23.0 Å². The average molecular weight is 263 g/mol. The van der Waals surface area contributed by atoms with E-state index in [0.717, 1.165) is 0 Å². The molecule has 0 aliphatic rings. The number of nitrogens with one attached hydrogen (secondary N) is 1. The summed E-state index contributed by atoms with van der Waals surface area (Å²) in [7, 11) is 0. The zero-order valence-electron chi connectivity index (χ0n) is 9.00. The third-order valence-electron chi connectivity index (χ3n) is 2.54. The molecule has 0 aliphatic carbocycles. The van der Waals surface area contributed by atoms with E-state index in [4.69, 9.17) is 11.6 Å². The molecular weight excluding hydrogens is 256 g/mol. The van der Waals surface area contributed by atoms with Crippen molar-refractivity contribution in [3.63, 3.8) is 0 Å². The van der Waals surface area contributed by atoms with Gasteiger partial charge in [-0.3, -0.25) is 14.3 Å². The SMILES string of the molecule is O=c1ccn(-c2cnn3cc(Cl)ccc23)c(=O)[nH]1. The van der Waals surface area contributed by atoms with Crippen LogP contribution in [0.2, 0.25) is 5.02 Å². The Labute approximate surface area is 105 Å². The first-order valence-electron chi connectivity index (χ1n) is 5.10. The fourth-order valence-corrected chi connectivity index (χ4v) is 1.89. The van der Waals surface area contributed by atoms with Crippen molar-refractivity contribution in [2.75, 3.05) is 0 Å². The second kappa shape index (κ2) is 3.85. The van der Waals surface area contributed by atoms with Crippen LogP contribution in [0.1, 0.15) is 0 Å². The van der Waals surface area contributed by atoms with E-state index >= 15 is 0 Å². The number of fused-ring (bicyclic) bond motifs is 1. The van der Waals surface area contributed by atoms with Crippen molar-refractivity contribution in [2.45, 2.75) is 0 Å². The van der Waals surface area contributed by atoms with Gasteiger partial charge in [-0.05, 0) is 12.1 Å². The van der Waals surface area contributed by atoms with Crippen LogP contribution in [0.25, 0.3) is 11.2 Å². The zero-order valence-corrected chi connectivity index (χ0v) is 9.76. The van der Waals surface area contributed by atoms with Crippen molar-refractivity contribution in [1.29, 1.82) is 0 Å². The van der Waals surface area contributed by atoms with Gasteiger partial charge in [0.15, 0.2) is 0 Å². The predicted molar refractivity (Wildman–Crippen MR) is 66.4 cm³/mol. The van der Waals surface area contributed by atoms with Crippen molar-refractivity contribution in [3.05, 3.63) is 62.7 Å². The van der Waals surface area contributed by atoms with Crippen LogP contribution in [0.15, 0.2) is 46.4 Å². The van der Waals surface area contributed by atoms with Gasteiger partial charge in [0.25, 0.3) is 5.56 Å². The molecular formula is C11H7ClN4O2. The molecule has 0 fully saturated rings. The number of aromatic nitrogens is 4. The number of hydrogen-bond acceptors (Lipinski definition) is 3. The highest BCUT2D eigenvalue weighted by Crippen LogP contribution is 2.16. The Hall–Kier alpha value is -2.34. The molecule has 0 radical (unpaired) electrons. The van der Waals surface area contributed by atoms with Crippen molar-refractivity contribution < 1.29 is 0 Å². The van der Waals surface area contributed by atoms with E-state index in [9.17, 15) is 9.59 Å². The summed E-state index contributed by atoms with van der Waals surface area (Å²) in [6.45, 7) is 0. The first-order chi connectivity index (χ1) is 8.65. The molecule has 0 bridgehead atoms. The zero-order chi connectivity index (χ0) is 12.7. The highest BCUT2D eigenvalue weighted by Gasteiger charge is 2.07. The Kier molecular flexibility index (Phi) is 2.31. The molecule has 0 saturated carbocycles. The van der Waals surface area contributed by atoms with E-state index in [1.54, 1.807) is 22.8 Å². The van der Waals surface area contributed by atoms with Gasteiger partial charge in [-0.2, -0.15) is 5.10 Å². The Morgan fingerprint density at radius 1 is 1.22 bits per heavy atom. The summed E-state index contributed by atoms with van der Waals surface area (Å²) in [4.78, 5) is 24.9. The molecule has 0 saturated heterocycles. The summed E-state index contributed by atoms with van der Waals surface area (Å²) in [6.07, 6.45) is 4.58. The number of aromatic amines is 1. The summed E-state index contributed by atoms with van der Waals surface area (Å²) in [5, 5.41) is 4.65. The molecule has 0 aromatic carbocycles. The van der Waals surface area contributed by atoms with E-state index in [0.29, 0.717) is 16.2 Å². The maximum Gasteiger partial charge on any atom is 0.333 e. The number of hydrogen-bond donors (Lipinski definition) is 1. The molecule has 0 aliphatic heterocycles. The van der Waals surface area contributed by atoms with Gasteiger partial charge in [0.1, 0.15) is 0 Å². The van der Waals surface area contributed by atoms with Crippen molar-refractivity contribution >= 4 is 17.1 Å². The molecule has 3 aromatic rings. The molecule has 0 spiro atoms. The summed E-state index contributed by atoms with van der Waals surface area (Å²) in [5.74, 6) is 0. The quantitative estimate of drug-likeness (QED) is 0.706. The van der Waals surface area contributed by atoms with Gasteiger partial charge in [-0.1, -0.05) is 11.6 Å². The number of nitrogens with zero attached hydrogens (tertiary/aromatic N) is 3. The number of rotatable bonds is 1. The fraction of sp³-hybridized carbons (Fsp3) is 0. The molecule has 18 heavy (non-hydrogen) atoms. The van der Waals surface area contributed by atoms with Gasteiger partial charge in [-0.25, -0.2) is 9.31 Å². The number of pyridine rings is 1. The molecule has 3 aromatic heterocycles. The lowest BCUT2D eigenvalue weighted by Crippen LogP contribution is -2.27. The van der Waals surface area contributed by atoms with E-state index in [1.807, 2.05) is 0 Å². The second-order valence-corrected chi connectivity index (χ2v) is 4.12. The van der Waals surface area contributed by atoms with Crippen LogP contribution >= 0.6 is 11.6 Å². The van der Waals surface area contributed by atoms with Crippen molar-refractivity contribution in [1.82, 2.24) is 19.2 Å². The van der Waals surface area contributed by atoms with Gasteiger partial charge >= 0.3 is 5.69 Å². The van der Waals surface area contributed by atoms with Crippen LogP contribution in [-0.2, 0) is 0 Å². The van der Waals surface area contributed by atoms with Crippen molar-refractivity contribution in [3.8, 4) is 5.69 Å². The van der Waals surface area contributed by atoms with E-state index in [-0.39, 0.29) is 0 Å². The second-order valence-electron chi connectivity index (χ2n) is 3.69. The molecule has 3 rings (SSSR count). The Balaban J connectivity index is 2.32. The van der Waals surface area contributed by atoms with Crippen molar-refractivity contribution in [2.24, 2.45) is 0 Å². The van der Waals surface area contributed by atoms with Crippen LogP contribution in [0.4, 0.5) is 0 Å². The smallest absolute Gasteiger partial charge is 0.274 e. The molecule has 6 nitrogen and oxygen atoms in total. The van der Waals surface area contributed by atoms with Crippen LogP contribution < -0.4 is 11.2 Å². The minimum atomic E-state index is -0.507. The lowest BCUT2D eigenvalue weighted by atomic mass is 10.3. The van der Waals surface area contributed by atoms with E-state index in [2.05, 4.69) is 10.1 Å². The Morgan fingerprint density at radius 3 is 2.83 bits per heavy atom. The maximum atomic E-state index is 11.7. The first-order valence-corrected chi connectivity index (χ1v) is 5.48. The van der Waals surface area contributed by atoms with Crippen LogP contribution in [0.5, 0.6) is 0 Å². The lowest BCUT2D eigenvalue weighted by Gasteiger charge is -2.01. The molecule has 0 atom stereocenters. The van der Waals surface area contributed by atoms with Gasteiger partial charge in [0.2, 0.25) is 0 Å². The largest absolute Gasteiger partial charge is 0.333 e. The monoisotopic (exact) mass is 262 g/mol. The van der Waals surface area contributed by atoms with Gasteiger partial charge in [0, 0.05) is 18.5 Å². The summed E-state index contributed by atoms with van der Waals surface area (Å²) >= 11 is 5.85. The lowest BCUT2D eigenvalue weighted by molar-refractivity contribution is 0.901. The van der Waals surface area contributed by atoms with Gasteiger partial charge < -0.3 is 0 Å². The molecule has 0 amide bonds. The third kappa shape index (κ3) is 1.63. The Morgan fingerprint density at radius 2 is 2.06 bits per heavy atom. The molecule has 90 valence electrons. The molecule has 1 N–H and O–H groups in total. The normalized spacial score (nSPS) is 10.9. The molecule has 0 unspecified atom stereocenters. The number of halogens is 1. The summed E-state index contributed by atoms with van der Waals surface area (Å²) < 4.78 is 2.88. The Bertz CT molecular complexity index is 846. The minimum Gasteiger partial charge on any atom is -0.274 e. The van der Waals surface area contributed by atoms with E-state index < -0.39 is 11.2 Å². The summed E-state index contributed by atoms with van der Waals surface area (Å²) in [5.41, 5.74) is 0.351. The molecule has 3 heterocycles. The third-order valence-corrected chi connectivity index (χ3v) is 2.77. The highest BCUT2D eigenvalue weighted by atomic mass is 35.5. The average Bonchev–Trinajstić information content (AvgIpc) is 2.72. The first kappa shape index (κ1) is 10.8. The standard InChI is InChI=1S/C11H7ClN4O2/c12-7-1-2-8-9(5-13-16(8)6-7)15-4-3-10(17)14-11(15)18/h1-6H,(H,14,17,18). The van der Waals surface area contributed by atoms with Crippen LogP contribution in [-0.4, -0.2) is 19.2 Å².